The van der Waals surface area contributed by atoms with Gasteiger partial charge in [0, 0.05) is 28.2 Å². The first-order valence-electron chi connectivity index (χ1n) is 10.5. The number of halogens is 1. The highest BCUT2D eigenvalue weighted by atomic mass is 35.5. The minimum Gasteiger partial charge on any atom is -0.383 e. The third-order valence-corrected chi connectivity index (χ3v) is 9.20. The first kappa shape index (κ1) is 23.4. The summed E-state index contributed by atoms with van der Waals surface area (Å²) in [6.45, 7) is -0.391. The van der Waals surface area contributed by atoms with Crippen LogP contribution in [-0.2, 0) is 26.2 Å². The fraction of sp³-hybridized carbons (Fsp3) is 0.182. The number of benzene rings is 2. The largest absolute Gasteiger partial charge is 0.383 e. The molecule has 5 rings (SSSR count). The van der Waals surface area contributed by atoms with Crippen LogP contribution in [0.15, 0.2) is 53.0 Å². The first-order chi connectivity index (χ1) is 16.7. The molecule has 1 aliphatic heterocycles. The van der Waals surface area contributed by atoms with Crippen LogP contribution in [0.3, 0.4) is 0 Å². The van der Waals surface area contributed by atoms with E-state index in [1.165, 1.54) is 6.33 Å². The molecule has 0 bridgehead atoms. The van der Waals surface area contributed by atoms with E-state index in [9.17, 15) is 18.0 Å². The summed E-state index contributed by atoms with van der Waals surface area (Å²) in [7, 11) is -3.99. The lowest BCUT2D eigenvalue weighted by Gasteiger charge is -2.31. The number of nitrogens with two attached hydrogens (primary N) is 1. The monoisotopic (exact) mass is 530 g/mol. The quantitative estimate of drug-likeness (QED) is 0.357. The molecule has 10 nitrogen and oxygen atoms in total. The number of fused-ring (bicyclic) bond motifs is 2. The van der Waals surface area contributed by atoms with Gasteiger partial charge < -0.3 is 16.4 Å². The van der Waals surface area contributed by atoms with Crippen molar-refractivity contribution >= 4 is 71.6 Å². The highest BCUT2D eigenvalue weighted by Crippen LogP contribution is 2.33. The molecule has 180 valence electrons. The topological polar surface area (TPSA) is 147 Å². The molecule has 35 heavy (non-hydrogen) atoms. The summed E-state index contributed by atoms with van der Waals surface area (Å²) in [5, 5.41) is 7.25. The molecule has 0 saturated carbocycles. The van der Waals surface area contributed by atoms with Gasteiger partial charge in [0.1, 0.15) is 22.4 Å². The molecular weight excluding hydrogens is 512 g/mol. The Morgan fingerprint density at radius 3 is 2.89 bits per heavy atom. The van der Waals surface area contributed by atoms with Crippen molar-refractivity contribution in [2.75, 3.05) is 18.8 Å². The molecule has 2 aromatic heterocycles. The summed E-state index contributed by atoms with van der Waals surface area (Å²) in [6, 6.07) is 10.9. The number of aromatic nitrogens is 2. The number of nitrogens with zero attached hydrogens (tertiary/aromatic N) is 3. The van der Waals surface area contributed by atoms with Crippen molar-refractivity contribution in [1.29, 1.82) is 0 Å². The minimum atomic E-state index is -3.99. The van der Waals surface area contributed by atoms with Crippen LogP contribution in [0.2, 0.25) is 5.02 Å². The smallest absolute Gasteiger partial charge is 0.253 e. The van der Waals surface area contributed by atoms with Crippen molar-refractivity contribution in [3.05, 3.63) is 59.4 Å². The van der Waals surface area contributed by atoms with E-state index in [1.807, 2.05) is 0 Å². The number of thiophene rings is 1. The van der Waals surface area contributed by atoms with Gasteiger partial charge in [-0.1, -0.05) is 23.7 Å². The molecule has 4 aromatic rings. The number of rotatable bonds is 5. The number of amides is 2. The van der Waals surface area contributed by atoms with Gasteiger partial charge in [-0.3, -0.25) is 9.59 Å². The molecule has 1 atom stereocenters. The summed E-state index contributed by atoms with van der Waals surface area (Å²) < 4.78 is 28.3. The average molecular weight is 531 g/mol. The molecule has 1 saturated heterocycles. The van der Waals surface area contributed by atoms with Crippen LogP contribution < -0.4 is 16.4 Å². The Bertz CT molecular complexity index is 1590. The Balaban J connectivity index is 1.30. The van der Waals surface area contributed by atoms with E-state index in [4.69, 9.17) is 17.3 Å². The zero-order valence-electron chi connectivity index (χ0n) is 18.1. The van der Waals surface area contributed by atoms with Crippen molar-refractivity contribution in [3.63, 3.8) is 0 Å². The highest BCUT2D eigenvalue weighted by molar-refractivity contribution is 7.91. The lowest BCUT2D eigenvalue weighted by molar-refractivity contribution is -0.131. The van der Waals surface area contributed by atoms with E-state index in [2.05, 4.69) is 20.6 Å². The Labute approximate surface area is 209 Å². The molecule has 2 aromatic carbocycles. The van der Waals surface area contributed by atoms with Crippen molar-refractivity contribution < 1.29 is 18.0 Å². The number of piperazine rings is 1. The van der Waals surface area contributed by atoms with Crippen LogP contribution in [0.25, 0.3) is 21.0 Å². The number of carbonyl (C=O) groups is 2. The number of hydrogen-bond acceptors (Lipinski definition) is 8. The average Bonchev–Trinajstić information content (AvgIpc) is 3.26. The van der Waals surface area contributed by atoms with Crippen LogP contribution in [0.4, 0.5) is 5.82 Å². The molecule has 3 heterocycles. The van der Waals surface area contributed by atoms with Crippen LogP contribution >= 0.6 is 22.9 Å². The van der Waals surface area contributed by atoms with Crippen LogP contribution in [0.5, 0.6) is 0 Å². The maximum atomic E-state index is 13.3. The maximum absolute atomic E-state index is 13.3. The molecule has 13 heteroatoms. The van der Waals surface area contributed by atoms with E-state index < -0.39 is 27.9 Å². The normalized spacial score (nSPS) is 16.9. The van der Waals surface area contributed by atoms with Gasteiger partial charge in [0.25, 0.3) is 10.0 Å². The zero-order chi connectivity index (χ0) is 24.7. The summed E-state index contributed by atoms with van der Waals surface area (Å²) in [4.78, 5) is 33.2. The van der Waals surface area contributed by atoms with Gasteiger partial charge in [-0.2, -0.15) is 4.31 Å². The van der Waals surface area contributed by atoms with E-state index in [0.717, 1.165) is 26.6 Å². The summed E-state index contributed by atoms with van der Waals surface area (Å²) in [5.41, 5.74) is 7.24. The first-order valence-corrected chi connectivity index (χ1v) is 13.1. The Hall–Kier alpha value is -3.32. The number of hydrogen-bond donors (Lipinski definition) is 3. The van der Waals surface area contributed by atoms with Gasteiger partial charge >= 0.3 is 0 Å². The Morgan fingerprint density at radius 2 is 2.06 bits per heavy atom. The fourth-order valence-corrected chi connectivity index (χ4v) is 7.07. The van der Waals surface area contributed by atoms with E-state index in [0.29, 0.717) is 26.4 Å². The Morgan fingerprint density at radius 1 is 1.23 bits per heavy atom. The molecular formula is C22H19ClN6O4S2. The predicted octanol–water partition coefficient (Wildman–Crippen LogP) is 1.89. The van der Waals surface area contributed by atoms with Crippen LogP contribution in [0, 0.1) is 0 Å². The lowest BCUT2D eigenvalue weighted by atomic mass is 10.1. The van der Waals surface area contributed by atoms with E-state index in [1.54, 1.807) is 42.5 Å². The van der Waals surface area contributed by atoms with Crippen LogP contribution in [0.1, 0.15) is 5.56 Å². The number of sulfonamides is 1. The van der Waals surface area contributed by atoms with Gasteiger partial charge in [0.2, 0.25) is 11.8 Å². The molecule has 1 fully saturated rings. The molecule has 0 spiro atoms. The van der Waals surface area contributed by atoms with Gasteiger partial charge in [0.05, 0.1) is 12.1 Å². The third kappa shape index (κ3) is 4.65. The summed E-state index contributed by atoms with van der Waals surface area (Å²) in [5.74, 6) is -0.691. The number of anilines is 1. The second kappa shape index (κ2) is 9.04. The van der Waals surface area contributed by atoms with Gasteiger partial charge in [0.15, 0.2) is 0 Å². The van der Waals surface area contributed by atoms with Crippen LogP contribution in [-0.4, -0.2) is 53.6 Å². The van der Waals surface area contributed by atoms with Gasteiger partial charge in [-0.25, -0.2) is 18.4 Å². The number of carbonyl (C=O) groups excluding carboxylic acids is 2. The molecule has 2 amide bonds. The van der Waals surface area contributed by atoms with Crippen molar-refractivity contribution in [2.24, 2.45) is 0 Å². The molecule has 0 aliphatic carbocycles. The lowest BCUT2D eigenvalue weighted by Crippen LogP contribution is -2.60. The summed E-state index contributed by atoms with van der Waals surface area (Å²) in [6.07, 6.45) is 1.36. The third-order valence-electron chi connectivity index (χ3n) is 5.61. The number of nitrogen functional groups attached to an aromatic ring is 1. The highest BCUT2D eigenvalue weighted by Gasteiger charge is 2.37. The van der Waals surface area contributed by atoms with Gasteiger partial charge in [-0.15, -0.1) is 11.3 Å². The maximum Gasteiger partial charge on any atom is 0.253 e. The second-order valence-electron chi connectivity index (χ2n) is 7.99. The van der Waals surface area contributed by atoms with Crippen molar-refractivity contribution in [2.45, 2.75) is 16.8 Å². The van der Waals surface area contributed by atoms with Crippen molar-refractivity contribution in [1.82, 2.24) is 24.9 Å². The second-order valence-corrected chi connectivity index (χ2v) is 11.7. The molecule has 0 radical (unpaired) electrons. The predicted molar refractivity (Wildman–Crippen MR) is 133 cm³/mol. The summed E-state index contributed by atoms with van der Waals surface area (Å²) >= 11 is 7.08. The standard InChI is InChI=1S/C22H19ClN6O4S2/c23-14-3-2-13-6-20(34-18(13)7-14)35(32,33)29-9-17(28-19(30)10-29)22(31)25-8-12-1-4-15-16(5-12)26-11-27-21(15)24/h1-7,11,17H,8-10H2,(H,25,31)(H,28,30)(H2,24,26,27). The molecule has 4 N–H and O–H groups in total. The fourth-order valence-electron chi connectivity index (χ4n) is 3.83. The van der Waals surface area contributed by atoms with E-state index >= 15 is 0 Å². The SMILES string of the molecule is Nc1ncnc2cc(CNC(=O)C3CN(S(=O)(=O)c4cc5ccc(Cl)cc5s4)CC(=O)N3)ccc12. The zero-order valence-corrected chi connectivity index (χ0v) is 20.5. The molecule has 1 unspecified atom stereocenters. The minimum absolute atomic E-state index is 0.0843. The Kier molecular flexibility index (Phi) is 6.05. The molecule has 1 aliphatic rings. The van der Waals surface area contributed by atoms with Gasteiger partial charge in [-0.05, 0) is 41.3 Å². The number of nitrogens with one attached hydrogen (secondary N) is 2. The van der Waals surface area contributed by atoms with E-state index in [-0.39, 0.29) is 23.8 Å². The van der Waals surface area contributed by atoms with Crippen molar-refractivity contribution in [3.8, 4) is 0 Å².